The first-order chi connectivity index (χ1) is 9.80. The maximum absolute atomic E-state index is 6.19. The van der Waals surface area contributed by atoms with Crippen molar-refractivity contribution in [1.82, 2.24) is 9.78 Å². The van der Waals surface area contributed by atoms with Gasteiger partial charge >= 0.3 is 7.12 Å². The second-order valence-electron chi connectivity index (χ2n) is 7.61. The summed E-state index contributed by atoms with van der Waals surface area (Å²) in [5.74, 6) is 0.793. The first kappa shape index (κ1) is 15.1. The predicted molar refractivity (Wildman–Crippen MR) is 84.6 cm³/mol. The number of rotatable bonds is 3. The van der Waals surface area contributed by atoms with Crippen molar-refractivity contribution in [2.45, 2.75) is 71.0 Å². The average Bonchev–Trinajstić information content (AvgIpc) is 3.03. The van der Waals surface area contributed by atoms with Crippen LogP contribution in [0.5, 0.6) is 0 Å². The molecule has 0 atom stereocenters. The first-order valence-corrected chi connectivity index (χ1v) is 8.16. The molecule has 5 heteroatoms. The molecule has 0 aromatic carbocycles. The molecule has 1 aliphatic carbocycles. The standard InChI is InChI=1S/C16H27BN2O2/c1-15(2)16(3,4)21-17(20-15)13-11-18-19(5)14(13)10-12-8-6-7-9-12/h11-12H,6-10H2,1-5H3. The molecule has 3 rings (SSSR count). The quantitative estimate of drug-likeness (QED) is 0.802. The van der Waals surface area contributed by atoms with Crippen LogP contribution < -0.4 is 5.46 Å². The van der Waals surface area contributed by atoms with Crippen LogP contribution in [0.15, 0.2) is 6.20 Å². The van der Waals surface area contributed by atoms with Gasteiger partial charge in [0.05, 0.1) is 11.2 Å². The van der Waals surface area contributed by atoms with Gasteiger partial charge in [0, 0.05) is 24.4 Å². The lowest BCUT2D eigenvalue weighted by atomic mass is 9.77. The second-order valence-corrected chi connectivity index (χ2v) is 7.61. The van der Waals surface area contributed by atoms with Crippen LogP contribution in [-0.2, 0) is 22.8 Å². The topological polar surface area (TPSA) is 36.3 Å². The summed E-state index contributed by atoms with van der Waals surface area (Å²) in [6.07, 6.45) is 8.44. The van der Waals surface area contributed by atoms with Gasteiger partial charge in [0.2, 0.25) is 0 Å². The first-order valence-electron chi connectivity index (χ1n) is 8.16. The normalized spacial score (nSPS) is 24.9. The van der Waals surface area contributed by atoms with Crippen LogP contribution in [0.2, 0.25) is 0 Å². The summed E-state index contributed by atoms with van der Waals surface area (Å²) in [4.78, 5) is 0. The van der Waals surface area contributed by atoms with Gasteiger partial charge in [0.25, 0.3) is 0 Å². The molecule has 1 saturated carbocycles. The van der Waals surface area contributed by atoms with E-state index in [1.807, 2.05) is 17.9 Å². The monoisotopic (exact) mass is 290 g/mol. The second kappa shape index (κ2) is 5.13. The Kier molecular flexibility index (Phi) is 3.69. The maximum atomic E-state index is 6.19. The Morgan fingerprint density at radius 2 is 1.76 bits per heavy atom. The van der Waals surface area contributed by atoms with Crippen LogP contribution in [0.25, 0.3) is 0 Å². The largest absolute Gasteiger partial charge is 0.498 e. The maximum Gasteiger partial charge on any atom is 0.498 e. The molecular formula is C16H27BN2O2. The summed E-state index contributed by atoms with van der Waals surface area (Å²) in [6.45, 7) is 8.39. The van der Waals surface area contributed by atoms with Crippen LogP contribution in [-0.4, -0.2) is 28.1 Å². The SMILES string of the molecule is Cn1ncc(B2OC(C)(C)C(C)(C)O2)c1CC1CCCC1. The van der Waals surface area contributed by atoms with E-state index in [0.29, 0.717) is 0 Å². The molecule has 4 nitrogen and oxygen atoms in total. The van der Waals surface area contributed by atoms with Crippen LogP contribution in [0.3, 0.4) is 0 Å². The molecule has 116 valence electrons. The van der Waals surface area contributed by atoms with E-state index in [1.165, 1.54) is 31.4 Å². The van der Waals surface area contributed by atoms with Crippen molar-refractivity contribution in [2.24, 2.45) is 13.0 Å². The van der Waals surface area contributed by atoms with Crippen molar-refractivity contribution in [3.63, 3.8) is 0 Å². The lowest BCUT2D eigenvalue weighted by molar-refractivity contribution is 0.00578. The molecule has 0 spiro atoms. The van der Waals surface area contributed by atoms with Gasteiger partial charge in [-0.25, -0.2) is 0 Å². The molecular weight excluding hydrogens is 263 g/mol. The van der Waals surface area contributed by atoms with Crippen LogP contribution >= 0.6 is 0 Å². The van der Waals surface area contributed by atoms with Crippen molar-refractivity contribution in [2.75, 3.05) is 0 Å². The summed E-state index contributed by atoms with van der Waals surface area (Å²) in [5, 5.41) is 4.46. The van der Waals surface area contributed by atoms with Gasteiger partial charge in [-0.05, 0) is 40.0 Å². The molecule has 0 amide bonds. The van der Waals surface area contributed by atoms with Crippen molar-refractivity contribution in [1.29, 1.82) is 0 Å². The van der Waals surface area contributed by atoms with E-state index >= 15 is 0 Å². The highest BCUT2D eigenvalue weighted by atomic mass is 16.7. The van der Waals surface area contributed by atoms with E-state index in [4.69, 9.17) is 9.31 Å². The van der Waals surface area contributed by atoms with Crippen molar-refractivity contribution in [3.05, 3.63) is 11.9 Å². The summed E-state index contributed by atoms with van der Waals surface area (Å²) in [6, 6.07) is 0. The Bertz CT molecular complexity index is 502. The van der Waals surface area contributed by atoms with E-state index in [0.717, 1.165) is 17.8 Å². The third-order valence-electron chi connectivity index (χ3n) is 5.56. The number of hydrogen-bond acceptors (Lipinski definition) is 3. The zero-order valence-electron chi connectivity index (χ0n) is 14.0. The van der Waals surface area contributed by atoms with Crippen LogP contribution in [0.4, 0.5) is 0 Å². The van der Waals surface area contributed by atoms with Crippen molar-refractivity contribution >= 4 is 12.6 Å². The number of aryl methyl sites for hydroxylation is 1. The highest BCUT2D eigenvalue weighted by molar-refractivity contribution is 6.62. The van der Waals surface area contributed by atoms with Crippen LogP contribution in [0, 0.1) is 5.92 Å². The smallest absolute Gasteiger partial charge is 0.399 e. The molecule has 1 aromatic rings. The van der Waals surface area contributed by atoms with E-state index in [1.54, 1.807) is 0 Å². The molecule has 2 aliphatic rings. The minimum atomic E-state index is -0.294. The molecule has 21 heavy (non-hydrogen) atoms. The lowest BCUT2D eigenvalue weighted by Crippen LogP contribution is -2.41. The van der Waals surface area contributed by atoms with E-state index < -0.39 is 0 Å². The minimum Gasteiger partial charge on any atom is -0.399 e. The van der Waals surface area contributed by atoms with Gasteiger partial charge in [-0.3, -0.25) is 4.68 Å². The fraction of sp³-hybridized carbons (Fsp3) is 0.812. The summed E-state index contributed by atoms with van der Waals surface area (Å²) < 4.78 is 14.4. The molecule has 1 saturated heterocycles. The molecule has 0 N–H and O–H groups in total. The number of hydrogen-bond donors (Lipinski definition) is 0. The fourth-order valence-electron chi connectivity index (χ4n) is 3.38. The Labute approximate surface area is 128 Å². The molecule has 0 unspecified atom stereocenters. The Morgan fingerprint density at radius 3 is 2.33 bits per heavy atom. The zero-order valence-corrected chi connectivity index (χ0v) is 14.0. The van der Waals surface area contributed by atoms with E-state index in [2.05, 4.69) is 32.8 Å². The molecule has 1 aliphatic heterocycles. The number of aromatic nitrogens is 2. The van der Waals surface area contributed by atoms with Gasteiger partial charge in [0.1, 0.15) is 0 Å². The highest BCUT2D eigenvalue weighted by Crippen LogP contribution is 2.37. The minimum absolute atomic E-state index is 0.292. The summed E-state index contributed by atoms with van der Waals surface area (Å²) >= 11 is 0. The fourth-order valence-corrected chi connectivity index (χ4v) is 3.38. The van der Waals surface area contributed by atoms with Crippen LogP contribution in [0.1, 0.15) is 59.1 Å². The van der Waals surface area contributed by atoms with Gasteiger partial charge in [-0.15, -0.1) is 0 Å². The average molecular weight is 290 g/mol. The third kappa shape index (κ3) is 2.66. The molecule has 0 radical (unpaired) electrons. The van der Waals surface area contributed by atoms with Gasteiger partial charge in [-0.1, -0.05) is 25.7 Å². The Morgan fingerprint density at radius 1 is 1.19 bits per heavy atom. The molecule has 2 fully saturated rings. The molecule has 2 heterocycles. The van der Waals surface area contributed by atoms with Gasteiger partial charge in [0.15, 0.2) is 0 Å². The lowest BCUT2D eigenvalue weighted by Gasteiger charge is -2.32. The zero-order chi connectivity index (χ0) is 15.3. The molecule has 0 bridgehead atoms. The Balaban J connectivity index is 1.83. The van der Waals surface area contributed by atoms with Crippen molar-refractivity contribution < 1.29 is 9.31 Å². The number of nitrogens with zero attached hydrogens (tertiary/aromatic N) is 2. The summed E-state index contributed by atoms with van der Waals surface area (Å²) in [7, 11) is 1.74. The Hall–Kier alpha value is -0.805. The summed E-state index contributed by atoms with van der Waals surface area (Å²) in [5.41, 5.74) is 1.81. The van der Waals surface area contributed by atoms with E-state index in [-0.39, 0.29) is 18.3 Å². The third-order valence-corrected chi connectivity index (χ3v) is 5.56. The predicted octanol–water partition coefficient (Wildman–Crippen LogP) is 2.45. The van der Waals surface area contributed by atoms with Gasteiger partial charge in [-0.2, -0.15) is 5.10 Å². The van der Waals surface area contributed by atoms with Crippen molar-refractivity contribution in [3.8, 4) is 0 Å². The van der Waals surface area contributed by atoms with Gasteiger partial charge < -0.3 is 9.31 Å². The molecule has 1 aromatic heterocycles. The highest BCUT2D eigenvalue weighted by Gasteiger charge is 2.52. The van der Waals surface area contributed by atoms with E-state index in [9.17, 15) is 0 Å².